The summed E-state index contributed by atoms with van der Waals surface area (Å²) >= 11 is 0. The van der Waals surface area contributed by atoms with E-state index in [9.17, 15) is 4.79 Å². The summed E-state index contributed by atoms with van der Waals surface area (Å²) in [6.07, 6.45) is 0.751. The van der Waals surface area contributed by atoms with Gasteiger partial charge in [0.25, 0.3) is 0 Å². The summed E-state index contributed by atoms with van der Waals surface area (Å²) in [5, 5.41) is 0. The molecule has 3 aromatic rings. The van der Waals surface area contributed by atoms with Gasteiger partial charge >= 0.3 is 5.69 Å². The van der Waals surface area contributed by atoms with E-state index in [1.807, 2.05) is 30.5 Å². The van der Waals surface area contributed by atoms with Gasteiger partial charge in [-0.3, -0.25) is 9.13 Å². The van der Waals surface area contributed by atoms with Gasteiger partial charge < -0.3 is 9.47 Å². The Labute approximate surface area is 195 Å². The molecule has 6 nitrogen and oxygen atoms in total. The van der Waals surface area contributed by atoms with Gasteiger partial charge in [-0.05, 0) is 76.8 Å². The molecule has 0 N–H and O–H groups in total. The first-order chi connectivity index (χ1) is 15.7. The van der Waals surface area contributed by atoms with Crippen molar-refractivity contribution in [2.45, 2.75) is 54.0 Å². The zero-order chi connectivity index (χ0) is 23.9. The molecule has 2 aromatic carbocycles. The predicted octanol–water partition coefficient (Wildman–Crippen LogP) is 4.93. The van der Waals surface area contributed by atoms with E-state index in [2.05, 4.69) is 45.9 Å². The Hall–Kier alpha value is -3.28. The van der Waals surface area contributed by atoms with Crippen molar-refractivity contribution in [2.24, 2.45) is 12.0 Å². The highest BCUT2D eigenvalue weighted by Crippen LogP contribution is 2.40. The monoisotopic (exact) mass is 447 g/mol. The Balaban J connectivity index is 2.00. The molecule has 1 aromatic heterocycles. The highest BCUT2D eigenvalue weighted by Gasteiger charge is 2.26. The molecule has 2 heterocycles. The van der Waals surface area contributed by atoms with Crippen LogP contribution in [0, 0.1) is 20.8 Å². The lowest BCUT2D eigenvalue weighted by atomic mass is 9.93. The smallest absolute Gasteiger partial charge is 0.330 e. The minimum atomic E-state index is -0.0707. The van der Waals surface area contributed by atoms with Crippen LogP contribution in [0.5, 0.6) is 11.5 Å². The first-order valence-electron chi connectivity index (χ1n) is 11.6. The van der Waals surface area contributed by atoms with Crippen molar-refractivity contribution in [3.05, 3.63) is 68.6 Å². The summed E-state index contributed by atoms with van der Waals surface area (Å²) in [6.45, 7) is 13.3. The summed E-state index contributed by atoms with van der Waals surface area (Å²) in [4.78, 5) is 18.4. The predicted molar refractivity (Wildman–Crippen MR) is 132 cm³/mol. The minimum absolute atomic E-state index is 0.0236. The van der Waals surface area contributed by atoms with E-state index in [1.54, 1.807) is 11.6 Å². The lowest BCUT2D eigenvalue weighted by molar-refractivity contribution is 0.287. The van der Waals surface area contributed by atoms with E-state index >= 15 is 0 Å². The molecular formula is C27H33N3O3. The maximum atomic E-state index is 13.5. The number of nitrogens with zero attached hydrogens (tertiary/aromatic N) is 3. The SMILES string of the molecule is CCOc1cc2c(cc1OCC)-c1cc(=Nc3c(C)cc(C)cc3C)n(C)c(=O)n1C(C)C2. The van der Waals surface area contributed by atoms with Crippen LogP contribution >= 0.6 is 0 Å². The number of hydrogen-bond donors (Lipinski definition) is 0. The maximum absolute atomic E-state index is 13.5. The van der Waals surface area contributed by atoms with Gasteiger partial charge in [-0.15, -0.1) is 0 Å². The Morgan fingerprint density at radius 1 is 0.970 bits per heavy atom. The van der Waals surface area contributed by atoms with Crippen molar-refractivity contribution in [3.63, 3.8) is 0 Å². The number of benzene rings is 2. The fraction of sp³-hybridized carbons (Fsp3) is 0.407. The third-order valence-corrected chi connectivity index (χ3v) is 6.23. The summed E-state index contributed by atoms with van der Waals surface area (Å²) in [7, 11) is 1.79. The molecule has 33 heavy (non-hydrogen) atoms. The van der Waals surface area contributed by atoms with Crippen molar-refractivity contribution < 1.29 is 9.47 Å². The highest BCUT2D eigenvalue weighted by molar-refractivity contribution is 5.70. The quantitative estimate of drug-likeness (QED) is 0.557. The van der Waals surface area contributed by atoms with Crippen LogP contribution in [0.1, 0.15) is 49.1 Å². The zero-order valence-electron chi connectivity index (χ0n) is 20.7. The molecule has 0 saturated carbocycles. The lowest BCUT2D eigenvalue weighted by Crippen LogP contribution is -2.41. The van der Waals surface area contributed by atoms with Crippen LogP contribution in [0.25, 0.3) is 11.3 Å². The van der Waals surface area contributed by atoms with Gasteiger partial charge in [0, 0.05) is 24.7 Å². The van der Waals surface area contributed by atoms with Crippen molar-refractivity contribution in [1.82, 2.24) is 9.13 Å². The molecule has 0 fully saturated rings. The molecule has 1 unspecified atom stereocenters. The van der Waals surface area contributed by atoms with E-state index in [0.29, 0.717) is 24.5 Å². The molecule has 6 heteroatoms. The fourth-order valence-electron chi connectivity index (χ4n) is 4.81. The van der Waals surface area contributed by atoms with E-state index in [1.165, 1.54) is 5.56 Å². The number of ether oxygens (including phenoxy) is 2. The Kier molecular flexibility index (Phi) is 6.19. The summed E-state index contributed by atoms with van der Waals surface area (Å²) in [6, 6.07) is 10.4. The number of aromatic nitrogens is 2. The Morgan fingerprint density at radius 2 is 1.58 bits per heavy atom. The van der Waals surface area contributed by atoms with E-state index in [-0.39, 0.29) is 11.7 Å². The normalized spacial score (nSPS) is 15.2. The average Bonchev–Trinajstić information content (AvgIpc) is 2.74. The van der Waals surface area contributed by atoms with Gasteiger partial charge in [0.1, 0.15) is 5.49 Å². The van der Waals surface area contributed by atoms with Gasteiger partial charge in [-0.25, -0.2) is 9.79 Å². The minimum Gasteiger partial charge on any atom is -0.490 e. The number of aryl methyl sites for hydroxylation is 3. The average molecular weight is 448 g/mol. The molecule has 4 rings (SSSR count). The first kappa shape index (κ1) is 22.9. The maximum Gasteiger partial charge on any atom is 0.330 e. The molecule has 1 atom stereocenters. The van der Waals surface area contributed by atoms with Crippen LogP contribution in [-0.4, -0.2) is 22.3 Å². The van der Waals surface area contributed by atoms with Gasteiger partial charge in [-0.2, -0.15) is 0 Å². The molecule has 0 spiro atoms. The molecule has 0 aliphatic carbocycles. The van der Waals surface area contributed by atoms with Crippen molar-refractivity contribution in [3.8, 4) is 22.8 Å². The summed E-state index contributed by atoms with van der Waals surface area (Å²) in [5.74, 6) is 1.45. The Morgan fingerprint density at radius 3 is 2.18 bits per heavy atom. The highest BCUT2D eigenvalue weighted by atomic mass is 16.5. The van der Waals surface area contributed by atoms with Gasteiger partial charge in [0.05, 0.1) is 24.6 Å². The molecule has 0 amide bonds. The van der Waals surface area contributed by atoms with Crippen molar-refractivity contribution >= 4 is 5.69 Å². The second-order valence-corrected chi connectivity index (χ2v) is 8.83. The number of fused-ring (bicyclic) bond motifs is 3. The van der Waals surface area contributed by atoms with Crippen molar-refractivity contribution in [1.29, 1.82) is 0 Å². The molecule has 0 bridgehead atoms. The Bertz CT molecular complexity index is 1320. The van der Waals surface area contributed by atoms with Gasteiger partial charge in [0.2, 0.25) is 0 Å². The second kappa shape index (κ2) is 8.93. The molecule has 1 aliphatic heterocycles. The molecule has 174 valence electrons. The fourth-order valence-corrected chi connectivity index (χ4v) is 4.81. The summed E-state index contributed by atoms with van der Waals surface area (Å²) in [5.41, 5.74) is 7.87. The van der Waals surface area contributed by atoms with Crippen LogP contribution in [0.15, 0.2) is 40.1 Å². The van der Waals surface area contributed by atoms with Gasteiger partial charge in [0.15, 0.2) is 11.5 Å². The molecule has 0 radical (unpaired) electrons. The third kappa shape index (κ3) is 4.10. The molecule has 0 saturated heterocycles. The molecular weight excluding hydrogens is 414 g/mol. The largest absolute Gasteiger partial charge is 0.490 e. The van der Waals surface area contributed by atoms with Crippen molar-refractivity contribution in [2.75, 3.05) is 13.2 Å². The van der Waals surface area contributed by atoms with Crippen LogP contribution in [0.4, 0.5) is 5.69 Å². The summed E-state index contributed by atoms with van der Waals surface area (Å²) < 4.78 is 15.2. The van der Waals surface area contributed by atoms with Crippen LogP contribution in [0.2, 0.25) is 0 Å². The van der Waals surface area contributed by atoms with Gasteiger partial charge in [-0.1, -0.05) is 17.7 Å². The van der Waals surface area contributed by atoms with E-state index in [0.717, 1.165) is 45.8 Å². The van der Waals surface area contributed by atoms with Crippen LogP contribution in [-0.2, 0) is 13.5 Å². The third-order valence-electron chi connectivity index (χ3n) is 6.23. The number of hydrogen-bond acceptors (Lipinski definition) is 4. The van der Waals surface area contributed by atoms with E-state index in [4.69, 9.17) is 14.5 Å². The molecule has 1 aliphatic rings. The first-order valence-corrected chi connectivity index (χ1v) is 11.6. The zero-order valence-corrected chi connectivity index (χ0v) is 20.7. The standard InChI is InChI=1S/C27H33N3O3/c1-8-32-23-13-20-12-19(6)30-22(21(20)14-24(23)33-9-2)15-25(29(7)27(30)31)28-26-17(4)10-16(3)11-18(26)5/h10-11,13-15,19H,8-9,12H2,1-7H3. The van der Waals surface area contributed by atoms with Crippen LogP contribution < -0.4 is 20.7 Å². The lowest BCUT2D eigenvalue weighted by Gasteiger charge is -2.29. The van der Waals surface area contributed by atoms with Crippen LogP contribution in [0.3, 0.4) is 0 Å². The second-order valence-electron chi connectivity index (χ2n) is 8.83. The number of rotatable bonds is 5. The van der Waals surface area contributed by atoms with E-state index < -0.39 is 0 Å². The topological polar surface area (TPSA) is 57.8 Å².